The number of nitrogens with one attached hydrogen (secondary N) is 3. The lowest BCUT2D eigenvalue weighted by atomic mass is 10.4. The van der Waals surface area contributed by atoms with Crippen molar-refractivity contribution in [2.75, 3.05) is 26.7 Å². The number of rotatable bonds is 8. The molecule has 0 aromatic carbocycles. The molecule has 0 saturated heterocycles. The maximum absolute atomic E-state index is 12.1. The van der Waals surface area contributed by atoms with E-state index in [4.69, 9.17) is 0 Å². The Labute approximate surface area is 163 Å². The largest absolute Gasteiger partial charge is 0.356 e. The average Bonchev–Trinajstić information content (AvgIpc) is 3.16. The first-order valence-corrected chi connectivity index (χ1v) is 11.4. The third kappa shape index (κ3) is 6.04. The minimum atomic E-state index is -3.44. The molecule has 0 saturated carbocycles. The van der Waals surface area contributed by atoms with Gasteiger partial charge >= 0.3 is 0 Å². The number of aliphatic imine (C=N–C) groups is 1. The van der Waals surface area contributed by atoms with Crippen LogP contribution in [0.25, 0.3) is 0 Å². The summed E-state index contributed by atoms with van der Waals surface area (Å²) in [6.07, 6.45) is 0.824. The smallest absolute Gasteiger partial charge is 0.250 e. The van der Waals surface area contributed by atoms with E-state index in [2.05, 4.69) is 32.3 Å². The summed E-state index contributed by atoms with van der Waals surface area (Å²) in [6, 6.07) is 3.42. The first kappa shape index (κ1) is 20.8. The molecule has 0 spiro atoms. The van der Waals surface area contributed by atoms with Crippen LogP contribution in [0.15, 0.2) is 21.3 Å². The van der Waals surface area contributed by atoms with Crippen molar-refractivity contribution in [2.24, 2.45) is 4.99 Å². The van der Waals surface area contributed by atoms with Crippen molar-refractivity contribution in [3.8, 4) is 0 Å². The van der Waals surface area contributed by atoms with Gasteiger partial charge in [0, 0.05) is 42.9 Å². The van der Waals surface area contributed by atoms with Crippen LogP contribution in [0.1, 0.15) is 20.5 Å². The van der Waals surface area contributed by atoms with Gasteiger partial charge in [-0.1, -0.05) is 0 Å². The fraction of sp³-hybridized carbons (Fsp3) is 0.500. The Morgan fingerprint density at radius 2 is 1.85 bits per heavy atom. The van der Waals surface area contributed by atoms with Crippen molar-refractivity contribution in [2.45, 2.75) is 31.4 Å². The van der Waals surface area contributed by atoms with Gasteiger partial charge in [-0.3, -0.25) is 4.99 Å². The highest BCUT2D eigenvalue weighted by Gasteiger charge is 2.15. The molecule has 2 aromatic heterocycles. The first-order chi connectivity index (χ1) is 12.3. The number of thiophene rings is 1. The third-order valence-corrected chi connectivity index (χ3v) is 7.70. The minimum Gasteiger partial charge on any atom is -0.356 e. The zero-order chi connectivity index (χ0) is 19.2. The zero-order valence-corrected chi connectivity index (χ0v) is 17.9. The molecule has 10 heteroatoms. The Morgan fingerprint density at radius 3 is 2.42 bits per heavy atom. The van der Waals surface area contributed by atoms with Gasteiger partial charge in [-0.05, 0) is 32.9 Å². The van der Waals surface area contributed by atoms with Gasteiger partial charge in [0.15, 0.2) is 5.96 Å². The standard InChI is InChI=1S/C16H25N5O2S3/c1-11-5-6-15(24-11)26(22,23)20-10-9-19-16(17-4)18-8-7-14-21-12(2)13(3)25-14/h5-6,20H,7-10H2,1-4H3,(H2,17,18,19). The molecule has 0 atom stereocenters. The number of aryl methyl sites for hydroxylation is 3. The van der Waals surface area contributed by atoms with E-state index in [9.17, 15) is 8.42 Å². The molecule has 0 unspecified atom stereocenters. The van der Waals surface area contributed by atoms with Gasteiger partial charge in [-0.2, -0.15) is 0 Å². The third-order valence-electron chi connectivity index (χ3n) is 3.62. The second kappa shape index (κ2) is 9.45. The Hall–Kier alpha value is -1.49. The van der Waals surface area contributed by atoms with Gasteiger partial charge in [-0.25, -0.2) is 18.1 Å². The quantitative estimate of drug-likeness (QED) is 0.347. The number of nitrogens with zero attached hydrogens (tertiary/aromatic N) is 2. The van der Waals surface area contributed by atoms with Crippen molar-refractivity contribution in [1.82, 2.24) is 20.3 Å². The van der Waals surface area contributed by atoms with Gasteiger partial charge < -0.3 is 10.6 Å². The van der Waals surface area contributed by atoms with Crippen LogP contribution >= 0.6 is 22.7 Å². The van der Waals surface area contributed by atoms with Crippen LogP contribution in [0.5, 0.6) is 0 Å². The summed E-state index contributed by atoms with van der Waals surface area (Å²) in [5.41, 5.74) is 1.08. The summed E-state index contributed by atoms with van der Waals surface area (Å²) in [7, 11) is -1.75. The van der Waals surface area contributed by atoms with Crippen LogP contribution in [0, 0.1) is 20.8 Å². The van der Waals surface area contributed by atoms with Crippen molar-refractivity contribution in [1.29, 1.82) is 0 Å². The first-order valence-electron chi connectivity index (χ1n) is 8.25. The van der Waals surface area contributed by atoms with Crippen LogP contribution in [0.4, 0.5) is 0 Å². The van der Waals surface area contributed by atoms with Crippen LogP contribution in [-0.2, 0) is 16.4 Å². The highest BCUT2D eigenvalue weighted by atomic mass is 32.2. The van der Waals surface area contributed by atoms with Crippen LogP contribution in [0.3, 0.4) is 0 Å². The number of guanidine groups is 1. The van der Waals surface area contributed by atoms with E-state index in [1.807, 2.05) is 13.8 Å². The molecule has 0 radical (unpaired) electrons. The summed E-state index contributed by atoms with van der Waals surface area (Å²) in [6.45, 7) is 7.41. The molecular formula is C16H25N5O2S3. The lowest BCUT2D eigenvalue weighted by Gasteiger charge is -2.11. The normalized spacial score (nSPS) is 12.4. The van der Waals surface area contributed by atoms with E-state index >= 15 is 0 Å². The molecule has 0 amide bonds. The highest BCUT2D eigenvalue weighted by molar-refractivity contribution is 7.91. The van der Waals surface area contributed by atoms with E-state index in [0.717, 1.165) is 22.0 Å². The van der Waals surface area contributed by atoms with E-state index < -0.39 is 10.0 Å². The molecule has 26 heavy (non-hydrogen) atoms. The van der Waals surface area contributed by atoms with Gasteiger partial charge in [-0.15, -0.1) is 22.7 Å². The van der Waals surface area contributed by atoms with E-state index in [1.165, 1.54) is 16.2 Å². The van der Waals surface area contributed by atoms with Crippen molar-refractivity contribution < 1.29 is 8.42 Å². The molecule has 3 N–H and O–H groups in total. The van der Waals surface area contributed by atoms with Crippen LogP contribution in [0.2, 0.25) is 0 Å². The maximum Gasteiger partial charge on any atom is 0.250 e. The summed E-state index contributed by atoms with van der Waals surface area (Å²) < 4.78 is 27.2. The van der Waals surface area contributed by atoms with Crippen molar-refractivity contribution >= 4 is 38.7 Å². The summed E-state index contributed by atoms with van der Waals surface area (Å²) in [4.78, 5) is 10.9. The highest BCUT2D eigenvalue weighted by Crippen LogP contribution is 2.20. The summed E-state index contributed by atoms with van der Waals surface area (Å²) in [5, 5.41) is 7.41. The second-order valence-electron chi connectivity index (χ2n) is 5.69. The topological polar surface area (TPSA) is 95.5 Å². The Bertz CT molecular complexity index is 836. The molecule has 2 heterocycles. The number of sulfonamides is 1. The number of thiazole rings is 1. The average molecular weight is 416 g/mol. The fourth-order valence-electron chi connectivity index (χ4n) is 2.15. The monoisotopic (exact) mass is 415 g/mol. The Kier molecular flexibility index (Phi) is 7.56. The predicted molar refractivity (Wildman–Crippen MR) is 109 cm³/mol. The number of aromatic nitrogens is 1. The van der Waals surface area contributed by atoms with Crippen LogP contribution in [-0.4, -0.2) is 46.0 Å². The van der Waals surface area contributed by atoms with Crippen molar-refractivity contribution in [3.05, 3.63) is 32.6 Å². The molecule has 7 nitrogen and oxygen atoms in total. The molecule has 2 aromatic rings. The van der Waals surface area contributed by atoms with E-state index in [0.29, 0.717) is 23.3 Å². The Morgan fingerprint density at radius 1 is 1.12 bits per heavy atom. The SMILES string of the molecule is CN=C(NCCNS(=O)(=O)c1ccc(C)s1)NCCc1nc(C)c(C)s1. The summed E-state index contributed by atoms with van der Waals surface area (Å²) in [5.74, 6) is 0.640. The van der Waals surface area contributed by atoms with Gasteiger partial charge in [0.25, 0.3) is 0 Å². The van der Waals surface area contributed by atoms with E-state index in [-0.39, 0.29) is 6.54 Å². The molecular weight excluding hydrogens is 390 g/mol. The zero-order valence-electron chi connectivity index (χ0n) is 15.4. The minimum absolute atomic E-state index is 0.283. The van der Waals surface area contributed by atoms with Crippen LogP contribution < -0.4 is 15.4 Å². The lowest BCUT2D eigenvalue weighted by Crippen LogP contribution is -2.42. The molecule has 0 bridgehead atoms. The lowest BCUT2D eigenvalue weighted by molar-refractivity contribution is 0.582. The summed E-state index contributed by atoms with van der Waals surface area (Å²) >= 11 is 2.97. The molecule has 2 rings (SSSR count). The number of hydrogen-bond acceptors (Lipinski definition) is 6. The second-order valence-corrected chi connectivity index (χ2v) is 10.3. The molecule has 0 fully saturated rings. The molecule has 0 aliphatic carbocycles. The van der Waals surface area contributed by atoms with Gasteiger partial charge in [0.05, 0.1) is 10.7 Å². The Balaban J connectivity index is 1.70. The van der Waals surface area contributed by atoms with Gasteiger partial charge in [0.1, 0.15) is 4.21 Å². The van der Waals surface area contributed by atoms with Crippen molar-refractivity contribution in [3.63, 3.8) is 0 Å². The van der Waals surface area contributed by atoms with E-state index in [1.54, 1.807) is 30.5 Å². The molecule has 0 aliphatic heterocycles. The van der Waals surface area contributed by atoms with Gasteiger partial charge in [0.2, 0.25) is 10.0 Å². The molecule has 0 aliphatic rings. The maximum atomic E-state index is 12.1. The number of hydrogen-bond donors (Lipinski definition) is 3. The fourth-order valence-corrected chi connectivity index (χ4v) is 5.44. The predicted octanol–water partition coefficient (Wildman–Crippen LogP) is 1.82. The molecule has 144 valence electrons.